The van der Waals surface area contributed by atoms with Crippen molar-refractivity contribution in [3.05, 3.63) is 16.9 Å². The van der Waals surface area contributed by atoms with Crippen LogP contribution in [0.25, 0.3) is 0 Å². The van der Waals surface area contributed by atoms with Crippen LogP contribution in [0, 0.1) is 0 Å². The lowest BCUT2D eigenvalue weighted by Crippen LogP contribution is -2.32. The predicted octanol–water partition coefficient (Wildman–Crippen LogP) is 1.59. The van der Waals surface area contributed by atoms with E-state index < -0.39 is 0 Å². The van der Waals surface area contributed by atoms with Gasteiger partial charge in [-0.15, -0.1) is 0 Å². The first-order valence-electron chi connectivity index (χ1n) is 4.14. The van der Waals surface area contributed by atoms with Gasteiger partial charge in [-0.2, -0.15) is 5.10 Å². The molecule has 0 aliphatic heterocycles. The van der Waals surface area contributed by atoms with Crippen LogP contribution >= 0.6 is 11.6 Å². The molecule has 0 spiro atoms. The van der Waals surface area contributed by atoms with E-state index in [1.165, 1.54) is 6.20 Å². The zero-order chi connectivity index (χ0) is 9.84. The number of nitrogens with one attached hydrogen (secondary N) is 2. The molecule has 2 N–H and O–H groups in total. The molecular formula is C8H12ClN3O. The Bertz CT molecular complexity index is 297. The van der Waals surface area contributed by atoms with Gasteiger partial charge in [-0.3, -0.25) is 9.89 Å². The first kappa shape index (κ1) is 10.1. The van der Waals surface area contributed by atoms with Crippen LogP contribution in [-0.4, -0.2) is 22.1 Å². The van der Waals surface area contributed by atoms with Crippen LogP contribution < -0.4 is 5.32 Å². The van der Waals surface area contributed by atoms with Crippen LogP contribution in [0.2, 0.25) is 5.02 Å². The van der Waals surface area contributed by atoms with Crippen molar-refractivity contribution in [1.82, 2.24) is 15.5 Å². The number of hydrogen-bond donors (Lipinski definition) is 2. The molecule has 5 heteroatoms. The van der Waals surface area contributed by atoms with Gasteiger partial charge in [0.25, 0.3) is 5.91 Å². The summed E-state index contributed by atoms with van der Waals surface area (Å²) in [6.07, 6.45) is 2.30. The highest BCUT2D eigenvalue weighted by molar-refractivity contribution is 6.33. The fraction of sp³-hybridized carbons (Fsp3) is 0.500. The van der Waals surface area contributed by atoms with Gasteiger partial charge in [-0.25, -0.2) is 0 Å². The third-order valence-corrected chi connectivity index (χ3v) is 2.10. The van der Waals surface area contributed by atoms with Crippen molar-refractivity contribution in [3.63, 3.8) is 0 Å². The molecule has 1 aromatic heterocycles. The van der Waals surface area contributed by atoms with Gasteiger partial charge < -0.3 is 5.32 Å². The molecule has 0 radical (unpaired) electrons. The van der Waals surface area contributed by atoms with Crippen molar-refractivity contribution in [2.75, 3.05) is 0 Å². The second kappa shape index (κ2) is 4.28. The summed E-state index contributed by atoms with van der Waals surface area (Å²) >= 11 is 5.71. The van der Waals surface area contributed by atoms with Crippen LogP contribution in [0.15, 0.2) is 6.20 Å². The molecule has 0 fully saturated rings. The Morgan fingerprint density at radius 3 is 3.00 bits per heavy atom. The summed E-state index contributed by atoms with van der Waals surface area (Å²) in [5, 5.41) is 9.32. The molecule has 13 heavy (non-hydrogen) atoms. The highest BCUT2D eigenvalue weighted by Crippen LogP contribution is 2.11. The molecule has 1 rings (SSSR count). The summed E-state index contributed by atoms with van der Waals surface area (Å²) in [5.74, 6) is -0.211. The van der Waals surface area contributed by atoms with Gasteiger partial charge in [0.15, 0.2) is 0 Å². The minimum absolute atomic E-state index is 0.145. The van der Waals surface area contributed by atoms with Crippen molar-refractivity contribution in [1.29, 1.82) is 0 Å². The van der Waals surface area contributed by atoms with Crippen LogP contribution in [0.5, 0.6) is 0 Å². The normalized spacial score (nSPS) is 12.5. The Kier molecular flexibility index (Phi) is 3.31. The largest absolute Gasteiger partial charge is 0.348 e. The molecule has 1 aromatic rings. The van der Waals surface area contributed by atoms with Crippen molar-refractivity contribution in [3.8, 4) is 0 Å². The Morgan fingerprint density at radius 2 is 2.54 bits per heavy atom. The first-order chi connectivity index (χ1) is 6.15. The van der Waals surface area contributed by atoms with Crippen molar-refractivity contribution in [2.45, 2.75) is 26.3 Å². The van der Waals surface area contributed by atoms with Gasteiger partial charge in [-0.05, 0) is 13.3 Å². The molecule has 72 valence electrons. The number of aromatic nitrogens is 2. The third kappa shape index (κ3) is 2.45. The van der Waals surface area contributed by atoms with E-state index in [-0.39, 0.29) is 11.9 Å². The Balaban J connectivity index is 2.64. The molecule has 1 atom stereocenters. The van der Waals surface area contributed by atoms with Crippen molar-refractivity contribution in [2.24, 2.45) is 0 Å². The van der Waals surface area contributed by atoms with E-state index in [2.05, 4.69) is 15.5 Å². The molecule has 0 saturated carbocycles. The lowest BCUT2D eigenvalue weighted by atomic mass is 10.2. The average molecular weight is 202 g/mol. The highest BCUT2D eigenvalue weighted by atomic mass is 35.5. The monoisotopic (exact) mass is 201 g/mol. The second-order valence-corrected chi connectivity index (χ2v) is 3.28. The zero-order valence-electron chi connectivity index (χ0n) is 7.60. The molecule has 4 nitrogen and oxygen atoms in total. The molecule has 1 unspecified atom stereocenters. The van der Waals surface area contributed by atoms with Crippen LogP contribution in [0.4, 0.5) is 0 Å². The third-order valence-electron chi connectivity index (χ3n) is 1.81. The van der Waals surface area contributed by atoms with Crippen LogP contribution in [0.3, 0.4) is 0 Å². The van der Waals surface area contributed by atoms with Gasteiger partial charge in [-0.1, -0.05) is 18.5 Å². The van der Waals surface area contributed by atoms with Crippen molar-refractivity contribution < 1.29 is 4.79 Å². The van der Waals surface area contributed by atoms with E-state index in [1.54, 1.807) is 0 Å². The summed E-state index contributed by atoms with van der Waals surface area (Å²) in [6.45, 7) is 3.93. The number of H-pyrrole nitrogens is 1. The first-order valence-corrected chi connectivity index (χ1v) is 4.52. The maximum atomic E-state index is 11.4. The number of carbonyl (C=O) groups is 1. The summed E-state index contributed by atoms with van der Waals surface area (Å²) < 4.78 is 0. The standard InChI is InChI=1S/C8H12ClN3O/c1-3-5(2)11-8(13)7-6(9)4-10-12-7/h4-5H,3H2,1-2H3,(H,10,12)(H,11,13). The summed E-state index contributed by atoms with van der Waals surface area (Å²) in [7, 11) is 0. The van der Waals surface area contributed by atoms with Crippen molar-refractivity contribution >= 4 is 17.5 Å². The predicted molar refractivity (Wildman–Crippen MR) is 50.8 cm³/mol. The molecule has 1 amide bonds. The fourth-order valence-electron chi connectivity index (χ4n) is 0.829. The highest BCUT2D eigenvalue weighted by Gasteiger charge is 2.13. The zero-order valence-corrected chi connectivity index (χ0v) is 8.35. The number of halogens is 1. The SMILES string of the molecule is CCC(C)NC(=O)c1[nH]ncc1Cl. The average Bonchev–Trinajstić information content (AvgIpc) is 2.51. The fourth-order valence-corrected chi connectivity index (χ4v) is 1.01. The molecule has 0 aliphatic carbocycles. The minimum Gasteiger partial charge on any atom is -0.348 e. The maximum absolute atomic E-state index is 11.4. The lowest BCUT2D eigenvalue weighted by Gasteiger charge is -2.09. The molecule has 0 aromatic carbocycles. The summed E-state index contributed by atoms with van der Waals surface area (Å²) in [6, 6.07) is 0.145. The van der Waals surface area contributed by atoms with E-state index in [1.807, 2.05) is 13.8 Å². The Hall–Kier alpha value is -1.03. The van der Waals surface area contributed by atoms with E-state index in [0.29, 0.717) is 10.7 Å². The van der Waals surface area contributed by atoms with E-state index in [0.717, 1.165) is 6.42 Å². The number of amides is 1. The van der Waals surface area contributed by atoms with E-state index >= 15 is 0 Å². The quantitative estimate of drug-likeness (QED) is 0.781. The molecule has 0 saturated heterocycles. The van der Waals surface area contributed by atoms with Crippen LogP contribution in [0.1, 0.15) is 30.8 Å². The van der Waals surface area contributed by atoms with Gasteiger partial charge in [0.2, 0.25) is 0 Å². The molecule has 0 aliphatic rings. The smallest absolute Gasteiger partial charge is 0.271 e. The molecule has 0 bridgehead atoms. The van der Waals surface area contributed by atoms with Gasteiger partial charge in [0.05, 0.1) is 11.2 Å². The number of rotatable bonds is 3. The van der Waals surface area contributed by atoms with Gasteiger partial charge >= 0.3 is 0 Å². The van der Waals surface area contributed by atoms with Gasteiger partial charge in [0.1, 0.15) is 5.69 Å². The van der Waals surface area contributed by atoms with E-state index in [9.17, 15) is 4.79 Å². The Morgan fingerprint density at radius 1 is 1.85 bits per heavy atom. The van der Waals surface area contributed by atoms with Crippen LogP contribution in [-0.2, 0) is 0 Å². The maximum Gasteiger partial charge on any atom is 0.271 e. The Labute approximate surface area is 81.7 Å². The molecule has 1 heterocycles. The summed E-state index contributed by atoms with van der Waals surface area (Å²) in [4.78, 5) is 11.4. The number of carbonyl (C=O) groups excluding carboxylic acids is 1. The second-order valence-electron chi connectivity index (χ2n) is 2.88. The minimum atomic E-state index is -0.211. The summed E-state index contributed by atoms with van der Waals surface area (Å²) in [5.41, 5.74) is 0.321. The van der Waals surface area contributed by atoms with E-state index in [4.69, 9.17) is 11.6 Å². The number of hydrogen-bond acceptors (Lipinski definition) is 2. The number of nitrogens with zero attached hydrogens (tertiary/aromatic N) is 1. The van der Waals surface area contributed by atoms with Gasteiger partial charge in [0, 0.05) is 6.04 Å². The number of aromatic amines is 1. The lowest BCUT2D eigenvalue weighted by molar-refractivity contribution is 0.0934. The topological polar surface area (TPSA) is 57.8 Å². The molecular weight excluding hydrogens is 190 g/mol.